The molecule has 0 aliphatic heterocycles. The second-order valence-electron chi connectivity index (χ2n) is 8.03. The zero-order valence-corrected chi connectivity index (χ0v) is 20.8. The number of ether oxygens (including phenoxy) is 3. The fourth-order valence-electron chi connectivity index (χ4n) is 3.65. The molecule has 0 spiro atoms. The normalized spacial score (nSPS) is 10.7. The molecule has 0 saturated heterocycles. The van der Waals surface area contributed by atoms with Crippen LogP contribution in [0.1, 0.15) is 26.3 Å². The number of benzene rings is 4. The fraction of sp³-hybridized carbons (Fsp3) is 0.103. The van der Waals surface area contributed by atoms with Gasteiger partial charge in [0.15, 0.2) is 11.5 Å². The molecule has 38 heavy (non-hydrogen) atoms. The topological polar surface area (TPSA) is 115 Å². The summed E-state index contributed by atoms with van der Waals surface area (Å²) < 4.78 is 15.8. The monoisotopic (exact) mass is 511 g/mol. The smallest absolute Gasteiger partial charge is 0.344 e. The van der Waals surface area contributed by atoms with E-state index in [-0.39, 0.29) is 6.54 Å². The van der Waals surface area contributed by atoms with Gasteiger partial charge in [-0.15, -0.1) is 0 Å². The van der Waals surface area contributed by atoms with Gasteiger partial charge >= 0.3 is 5.97 Å². The van der Waals surface area contributed by atoms with Gasteiger partial charge in [-0.1, -0.05) is 36.4 Å². The molecular weight excluding hydrogens is 486 g/mol. The lowest BCUT2D eigenvalue weighted by Crippen LogP contribution is -2.34. The van der Waals surface area contributed by atoms with E-state index in [1.165, 1.54) is 26.5 Å². The van der Waals surface area contributed by atoms with Gasteiger partial charge < -0.3 is 19.5 Å². The third kappa shape index (κ3) is 6.33. The minimum Gasteiger partial charge on any atom is -0.493 e. The van der Waals surface area contributed by atoms with Crippen LogP contribution in [0.25, 0.3) is 10.8 Å². The lowest BCUT2D eigenvalue weighted by Gasteiger charge is -2.09. The van der Waals surface area contributed by atoms with Crippen molar-refractivity contribution in [3.8, 4) is 17.2 Å². The van der Waals surface area contributed by atoms with Gasteiger partial charge in [0.25, 0.3) is 11.8 Å². The largest absolute Gasteiger partial charge is 0.493 e. The number of hydrazone groups is 1. The van der Waals surface area contributed by atoms with Crippen LogP contribution in [0.2, 0.25) is 0 Å². The number of carbonyl (C=O) groups is 3. The Morgan fingerprint density at radius 2 is 1.58 bits per heavy atom. The molecule has 4 rings (SSSR count). The first kappa shape index (κ1) is 25.9. The average molecular weight is 512 g/mol. The van der Waals surface area contributed by atoms with E-state index in [1.54, 1.807) is 42.5 Å². The molecule has 4 aromatic rings. The van der Waals surface area contributed by atoms with Crippen molar-refractivity contribution >= 4 is 34.8 Å². The van der Waals surface area contributed by atoms with E-state index in [1.807, 2.05) is 36.4 Å². The predicted octanol–water partition coefficient (Wildman–Crippen LogP) is 3.96. The van der Waals surface area contributed by atoms with Gasteiger partial charge in [0.2, 0.25) is 0 Å². The van der Waals surface area contributed by atoms with Gasteiger partial charge in [-0.2, -0.15) is 5.10 Å². The number of rotatable bonds is 9. The van der Waals surface area contributed by atoms with E-state index in [0.29, 0.717) is 33.9 Å². The van der Waals surface area contributed by atoms with Crippen LogP contribution < -0.4 is 25.0 Å². The molecule has 0 fully saturated rings. The molecule has 4 aromatic carbocycles. The Morgan fingerprint density at radius 3 is 2.34 bits per heavy atom. The molecular formula is C29H25N3O6. The van der Waals surface area contributed by atoms with Crippen molar-refractivity contribution in [3.63, 3.8) is 0 Å². The maximum atomic E-state index is 12.7. The Balaban J connectivity index is 1.27. The second-order valence-corrected chi connectivity index (χ2v) is 8.03. The number of esters is 1. The van der Waals surface area contributed by atoms with Gasteiger partial charge in [0.05, 0.1) is 32.5 Å². The standard InChI is InChI=1S/C29H25N3O6/c1-36-25-15-12-21(16-26(25)37-2)28(34)30-18-27(33)32-31-17-19-10-13-22(14-11-19)38-29(35)24-9-5-7-20-6-3-4-8-23(20)24/h3-17H,18H2,1-2H3,(H,30,34)(H,32,33)/b31-17+. The van der Waals surface area contributed by atoms with Gasteiger partial charge in [0, 0.05) is 5.56 Å². The van der Waals surface area contributed by atoms with E-state index in [2.05, 4.69) is 15.8 Å². The number of hydrogen-bond acceptors (Lipinski definition) is 7. The van der Waals surface area contributed by atoms with Crippen LogP contribution in [-0.2, 0) is 4.79 Å². The molecule has 0 aliphatic carbocycles. The molecule has 0 radical (unpaired) electrons. The Labute approximate surface area is 219 Å². The maximum Gasteiger partial charge on any atom is 0.344 e. The number of nitrogens with one attached hydrogen (secondary N) is 2. The van der Waals surface area contributed by atoms with E-state index < -0.39 is 17.8 Å². The first-order valence-electron chi connectivity index (χ1n) is 11.6. The third-order valence-corrected chi connectivity index (χ3v) is 5.56. The number of fused-ring (bicyclic) bond motifs is 1. The minimum atomic E-state index is -0.504. The molecule has 0 bridgehead atoms. The van der Waals surface area contributed by atoms with Crippen molar-refractivity contribution in [2.24, 2.45) is 5.10 Å². The van der Waals surface area contributed by atoms with Crippen LogP contribution in [0.5, 0.6) is 17.2 Å². The summed E-state index contributed by atoms with van der Waals surface area (Å²) in [5.41, 5.74) is 3.82. The fourth-order valence-corrected chi connectivity index (χ4v) is 3.65. The lowest BCUT2D eigenvalue weighted by atomic mass is 10.0. The summed E-state index contributed by atoms with van der Waals surface area (Å²) in [4.78, 5) is 37.1. The average Bonchev–Trinajstić information content (AvgIpc) is 2.96. The summed E-state index contributed by atoms with van der Waals surface area (Å²) in [7, 11) is 2.97. The third-order valence-electron chi connectivity index (χ3n) is 5.56. The molecule has 0 aromatic heterocycles. The number of amides is 2. The summed E-state index contributed by atoms with van der Waals surface area (Å²) in [5.74, 6) is -0.127. The molecule has 0 heterocycles. The predicted molar refractivity (Wildman–Crippen MR) is 143 cm³/mol. The first-order chi connectivity index (χ1) is 18.5. The SMILES string of the molecule is COc1ccc(C(=O)NCC(=O)N/N=C/c2ccc(OC(=O)c3cccc4ccccc34)cc2)cc1OC. The Hall–Kier alpha value is -5.18. The second kappa shape index (κ2) is 12.2. The van der Waals surface area contributed by atoms with Crippen LogP contribution in [-0.4, -0.2) is 44.8 Å². The van der Waals surface area contributed by atoms with Crippen LogP contribution in [0.3, 0.4) is 0 Å². The summed E-state index contributed by atoms with van der Waals surface area (Å²) in [6.07, 6.45) is 1.43. The highest BCUT2D eigenvalue weighted by Crippen LogP contribution is 2.27. The number of hydrogen-bond donors (Lipinski definition) is 2. The molecule has 2 amide bonds. The Kier molecular flexibility index (Phi) is 8.30. The van der Waals surface area contributed by atoms with E-state index in [4.69, 9.17) is 14.2 Å². The van der Waals surface area contributed by atoms with Crippen molar-refractivity contribution in [2.45, 2.75) is 0 Å². The van der Waals surface area contributed by atoms with Gasteiger partial charge in [0.1, 0.15) is 5.75 Å². The summed E-state index contributed by atoms with van der Waals surface area (Å²) in [5, 5.41) is 8.18. The van der Waals surface area contributed by atoms with Crippen molar-refractivity contribution in [2.75, 3.05) is 20.8 Å². The molecule has 0 saturated carbocycles. The minimum absolute atomic E-state index is 0.270. The van der Waals surface area contributed by atoms with Crippen LogP contribution in [0.15, 0.2) is 90.0 Å². The van der Waals surface area contributed by atoms with Crippen LogP contribution in [0, 0.1) is 0 Å². The van der Waals surface area contributed by atoms with Gasteiger partial charge in [-0.05, 0) is 64.9 Å². The number of methoxy groups -OCH3 is 2. The van der Waals surface area contributed by atoms with Crippen LogP contribution >= 0.6 is 0 Å². The molecule has 192 valence electrons. The van der Waals surface area contributed by atoms with Gasteiger partial charge in [-0.25, -0.2) is 10.2 Å². The first-order valence-corrected chi connectivity index (χ1v) is 11.6. The summed E-state index contributed by atoms with van der Waals surface area (Å²) in [6.45, 7) is -0.270. The van der Waals surface area contributed by atoms with Crippen molar-refractivity contribution in [1.29, 1.82) is 0 Å². The van der Waals surface area contributed by atoms with Crippen molar-refractivity contribution < 1.29 is 28.6 Å². The molecule has 9 heteroatoms. The zero-order chi connectivity index (χ0) is 26.9. The molecule has 9 nitrogen and oxygen atoms in total. The van der Waals surface area contributed by atoms with Crippen LogP contribution in [0.4, 0.5) is 0 Å². The molecule has 0 atom stereocenters. The number of carbonyl (C=O) groups excluding carboxylic acids is 3. The zero-order valence-electron chi connectivity index (χ0n) is 20.8. The van der Waals surface area contributed by atoms with E-state index >= 15 is 0 Å². The highest BCUT2D eigenvalue weighted by atomic mass is 16.5. The van der Waals surface area contributed by atoms with E-state index in [0.717, 1.165) is 10.8 Å². The highest BCUT2D eigenvalue weighted by Gasteiger charge is 2.13. The van der Waals surface area contributed by atoms with Crippen molar-refractivity contribution in [3.05, 3.63) is 102 Å². The maximum absolute atomic E-state index is 12.7. The quantitative estimate of drug-likeness (QED) is 0.152. The summed E-state index contributed by atoms with van der Waals surface area (Å²) >= 11 is 0. The Morgan fingerprint density at radius 1 is 0.842 bits per heavy atom. The van der Waals surface area contributed by atoms with Gasteiger partial charge in [-0.3, -0.25) is 9.59 Å². The Bertz CT molecular complexity index is 1490. The molecule has 0 unspecified atom stereocenters. The number of nitrogens with zero attached hydrogens (tertiary/aromatic N) is 1. The van der Waals surface area contributed by atoms with E-state index in [9.17, 15) is 14.4 Å². The summed E-state index contributed by atoms with van der Waals surface area (Å²) in [6, 6.07) is 24.4. The van der Waals surface area contributed by atoms with Crippen molar-refractivity contribution in [1.82, 2.24) is 10.7 Å². The highest BCUT2D eigenvalue weighted by molar-refractivity contribution is 6.05. The molecule has 0 aliphatic rings. The lowest BCUT2D eigenvalue weighted by molar-refractivity contribution is -0.120. The molecule has 2 N–H and O–H groups in total.